The van der Waals surface area contributed by atoms with Crippen LogP contribution in [0.1, 0.15) is 43.8 Å². The molecule has 5 rings (SSSR count). The lowest BCUT2D eigenvalue weighted by Crippen LogP contribution is -2.30. The first kappa shape index (κ1) is 27.5. The van der Waals surface area contributed by atoms with Crippen molar-refractivity contribution in [3.05, 3.63) is 84.3 Å². The highest BCUT2D eigenvalue weighted by atomic mass is 35.5. The highest BCUT2D eigenvalue weighted by molar-refractivity contribution is 6.56. The topological polar surface area (TPSA) is 84.0 Å². The Labute approximate surface area is 244 Å². The molecule has 1 fully saturated rings. The minimum absolute atomic E-state index is 0.0327. The fourth-order valence-electron chi connectivity index (χ4n) is 4.82. The SMILES string of the molecule is Cc1ccc(C)c(N2C[C@H](C(=O)Oc3ccc(N4C(=O)c5c(Cl)c(Cl)c(Cl)c(Cl)c5C4=O)c(C)c3)CC2=O)c1. The number of nitrogens with zero attached hydrogens (tertiary/aromatic N) is 2. The molecule has 3 amide bonds. The van der Waals surface area contributed by atoms with E-state index < -0.39 is 23.7 Å². The molecule has 2 aliphatic rings. The van der Waals surface area contributed by atoms with E-state index in [-0.39, 0.29) is 61.5 Å². The zero-order valence-electron chi connectivity index (χ0n) is 20.9. The molecule has 1 atom stereocenters. The van der Waals surface area contributed by atoms with Crippen molar-refractivity contribution in [3.8, 4) is 5.75 Å². The molecule has 200 valence electrons. The number of hydrogen-bond donors (Lipinski definition) is 0. The molecule has 0 bridgehead atoms. The van der Waals surface area contributed by atoms with Crippen molar-refractivity contribution < 1.29 is 23.9 Å². The molecule has 0 aromatic heterocycles. The van der Waals surface area contributed by atoms with Gasteiger partial charge < -0.3 is 9.64 Å². The molecule has 7 nitrogen and oxygen atoms in total. The second-order valence-electron chi connectivity index (χ2n) is 9.52. The van der Waals surface area contributed by atoms with E-state index in [0.29, 0.717) is 5.56 Å². The fraction of sp³-hybridized carbons (Fsp3) is 0.214. The number of imide groups is 1. The molecule has 1 saturated heterocycles. The van der Waals surface area contributed by atoms with Crippen LogP contribution in [0, 0.1) is 26.7 Å². The fourth-order valence-corrected chi connectivity index (χ4v) is 5.83. The number of benzene rings is 3. The summed E-state index contributed by atoms with van der Waals surface area (Å²) >= 11 is 24.6. The first-order chi connectivity index (χ1) is 18.4. The quantitative estimate of drug-likeness (QED) is 0.105. The molecule has 3 aromatic carbocycles. The van der Waals surface area contributed by atoms with E-state index >= 15 is 0 Å². The van der Waals surface area contributed by atoms with Crippen molar-refractivity contribution in [2.24, 2.45) is 5.92 Å². The average molecular weight is 606 g/mol. The van der Waals surface area contributed by atoms with Crippen LogP contribution in [0.25, 0.3) is 0 Å². The molecule has 11 heteroatoms. The van der Waals surface area contributed by atoms with Gasteiger partial charge in [-0.25, -0.2) is 4.90 Å². The Morgan fingerprint density at radius 2 is 1.41 bits per heavy atom. The highest BCUT2D eigenvalue weighted by Crippen LogP contribution is 2.46. The van der Waals surface area contributed by atoms with Crippen LogP contribution in [-0.2, 0) is 9.59 Å². The Bertz CT molecular complexity index is 1570. The summed E-state index contributed by atoms with van der Waals surface area (Å²) in [6, 6.07) is 10.3. The van der Waals surface area contributed by atoms with Gasteiger partial charge in [0, 0.05) is 18.7 Å². The van der Waals surface area contributed by atoms with Crippen LogP contribution in [0.15, 0.2) is 36.4 Å². The molecule has 0 aliphatic carbocycles. The molecule has 3 aromatic rings. The van der Waals surface area contributed by atoms with Gasteiger partial charge in [0.1, 0.15) is 5.75 Å². The van der Waals surface area contributed by atoms with E-state index in [1.807, 2.05) is 32.0 Å². The van der Waals surface area contributed by atoms with Gasteiger partial charge >= 0.3 is 5.97 Å². The van der Waals surface area contributed by atoms with Gasteiger partial charge in [0.05, 0.1) is 42.8 Å². The maximum absolute atomic E-state index is 13.2. The van der Waals surface area contributed by atoms with Gasteiger partial charge in [0.25, 0.3) is 11.8 Å². The predicted molar refractivity (Wildman–Crippen MR) is 151 cm³/mol. The molecular weight excluding hydrogens is 586 g/mol. The van der Waals surface area contributed by atoms with E-state index in [2.05, 4.69) is 0 Å². The molecule has 0 saturated carbocycles. The minimum Gasteiger partial charge on any atom is -0.426 e. The van der Waals surface area contributed by atoms with Crippen LogP contribution in [0.3, 0.4) is 0 Å². The lowest BCUT2D eigenvalue weighted by molar-refractivity contribution is -0.139. The van der Waals surface area contributed by atoms with Gasteiger partial charge in [-0.15, -0.1) is 0 Å². The molecule has 39 heavy (non-hydrogen) atoms. The van der Waals surface area contributed by atoms with Gasteiger partial charge in [0.15, 0.2) is 0 Å². The highest BCUT2D eigenvalue weighted by Gasteiger charge is 2.43. The maximum Gasteiger partial charge on any atom is 0.316 e. The Morgan fingerprint density at radius 1 is 0.795 bits per heavy atom. The van der Waals surface area contributed by atoms with Crippen molar-refractivity contribution in [2.45, 2.75) is 27.2 Å². The Balaban J connectivity index is 1.35. The molecule has 0 unspecified atom stereocenters. The standard InChI is InChI=1S/C28H20Cl4N2O5/c1-12-4-5-13(2)18(8-12)33-11-15(10-19(33)35)28(38)39-16-6-7-17(14(3)9-16)34-26(36)20-21(27(34)37)23(30)25(32)24(31)22(20)29/h4-9,15H,10-11H2,1-3H3/t15-/m1/s1. The first-order valence-corrected chi connectivity index (χ1v) is 13.4. The number of amides is 3. The lowest BCUT2D eigenvalue weighted by Gasteiger charge is -2.20. The van der Waals surface area contributed by atoms with Gasteiger partial charge in [0.2, 0.25) is 5.91 Å². The number of halogens is 4. The number of anilines is 2. The van der Waals surface area contributed by atoms with Crippen molar-refractivity contribution in [1.82, 2.24) is 0 Å². The van der Waals surface area contributed by atoms with Crippen LogP contribution < -0.4 is 14.5 Å². The average Bonchev–Trinajstić information content (AvgIpc) is 3.40. The summed E-state index contributed by atoms with van der Waals surface area (Å²) in [7, 11) is 0. The van der Waals surface area contributed by atoms with Crippen molar-refractivity contribution in [2.75, 3.05) is 16.3 Å². The smallest absolute Gasteiger partial charge is 0.316 e. The summed E-state index contributed by atoms with van der Waals surface area (Å²) in [5, 5.41) is -0.562. The second kappa shape index (κ2) is 10.1. The van der Waals surface area contributed by atoms with Crippen molar-refractivity contribution >= 4 is 81.5 Å². The van der Waals surface area contributed by atoms with Crippen LogP contribution in [0.5, 0.6) is 5.75 Å². The van der Waals surface area contributed by atoms with Crippen LogP contribution >= 0.6 is 46.4 Å². The number of carbonyl (C=O) groups excluding carboxylic acids is 4. The van der Waals surface area contributed by atoms with Gasteiger partial charge in [-0.05, 0) is 61.7 Å². The molecule has 0 radical (unpaired) electrons. The molecule has 0 N–H and O–H groups in total. The largest absolute Gasteiger partial charge is 0.426 e. The molecule has 2 heterocycles. The Kier molecular flexibility index (Phi) is 7.14. The predicted octanol–water partition coefficient (Wildman–Crippen LogP) is 6.98. The zero-order chi connectivity index (χ0) is 28.3. The summed E-state index contributed by atoms with van der Waals surface area (Å²) < 4.78 is 5.59. The number of carbonyl (C=O) groups is 4. The van der Waals surface area contributed by atoms with Gasteiger partial charge in [-0.1, -0.05) is 58.5 Å². The Hall–Kier alpha value is -3.10. The zero-order valence-corrected chi connectivity index (χ0v) is 23.9. The summed E-state index contributed by atoms with van der Waals surface area (Å²) in [5.74, 6) is -2.55. The second-order valence-corrected chi connectivity index (χ2v) is 11.0. The number of esters is 1. The number of fused-ring (bicyclic) bond motifs is 1. The van der Waals surface area contributed by atoms with E-state index in [1.165, 1.54) is 18.2 Å². The molecule has 2 aliphatic heterocycles. The van der Waals surface area contributed by atoms with Crippen molar-refractivity contribution in [1.29, 1.82) is 0 Å². The summed E-state index contributed by atoms with van der Waals surface area (Å²) in [4.78, 5) is 54.6. The van der Waals surface area contributed by atoms with Crippen LogP contribution in [-0.4, -0.2) is 30.2 Å². The monoisotopic (exact) mass is 604 g/mol. The van der Waals surface area contributed by atoms with Crippen molar-refractivity contribution in [3.63, 3.8) is 0 Å². The molecular formula is C28H20Cl4N2O5. The number of hydrogen-bond acceptors (Lipinski definition) is 5. The Morgan fingerprint density at radius 3 is 2.00 bits per heavy atom. The third-order valence-electron chi connectivity index (χ3n) is 6.84. The number of rotatable bonds is 4. The summed E-state index contributed by atoms with van der Waals surface area (Å²) in [5.41, 5.74) is 3.19. The molecule has 0 spiro atoms. The van der Waals surface area contributed by atoms with Crippen LogP contribution in [0.2, 0.25) is 20.1 Å². The summed E-state index contributed by atoms with van der Waals surface area (Å²) in [6.07, 6.45) is 0.0327. The third kappa shape index (κ3) is 4.57. The normalized spacial score (nSPS) is 16.8. The maximum atomic E-state index is 13.2. The number of ether oxygens (including phenoxy) is 1. The van der Waals surface area contributed by atoms with Crippen LogP contribution in [0.4, 0.5) is 11.4 Å². The van der Waals surface area contributed by atoms with Gasteiger partial charge in [-0.2, -0.15) is 0 Å². The van der Waals surface area contributed by atoms with E-state index in [1.54, 1.807) is 11.8 Å². The van der Waals surface area contributed by atoms with E-state index in [9.17, 15) is 19.2 Å². The number of aryl methyl sites for hydroxylation is 3. The summed E-state index contributed by atoms with van der Waals surface area (Å²) in [6.45, 7) is 5.72. The van der Waals surface area contributed by atoms with Gasteiger partial charge in [-0.3, -0.25) is 19.2 Å². The minimum atomic E-state index is -0.704. The third-order valence-corrected chi connectivity index (χ3v) is 8.64. The first-order valence-electron chi connectivity index (χ1n) is 11.8. The van der Waals surface area contributed by atoms with E-state index in [4.69, 9.17) is 51.1 Å². The van der Waals surface area contributed by atoms with E-state index in [0.717, 1.165) is 21.7 Å². The lowest BCUT2D eigenvalue weighted by atomic mass is 10.1.